The molecule has 0 bridgehead atoms. The molecule has 0 saturated heterocycles. The zero-order valence-electron chi connectivity index (χ0n) is 33.9. The molecule has 10 aromatic carbocycles. The minimum Gasteiger partial charge on any atom is -0.310 e. The molecule has 0 spiro atoms. The molecule has 1 heterocycles. The van der Waals surface area contributed by atoms with Gasteiger partial charge in [-0.3, -0.25) is 0 Å². The van der Waals surface area contributed by atoms with Gasteiger partial charge in [-0.2, -0.15) is 0 Å². The number of nitrogens with zero attached hydrogens (tertiary/aromatic N) is 3. The van der Waals surface area contributed by atoms with Gasteiger partial charge in [0.2, 0.25) is 0 Å². The summed E-state index contributed by atoms with van der Waals surface area (Å²) in [5.41, 5.74) is 12.1. The van der Waals surface area contributed by atoms with Gasteiger partial charge in [-0.25, -0.2) is 0 Å². The van der Waals surface area contributed by atoms with Crippen LogP contribution in [0.15, 0.2) is 249 Å². The van der Waals surface area contributed by atoms with Crippen LogP contribution in [0.25, 0.3) is 42.1 Å². The highest BCUT2D eigenvalue weighted by Crippen LogP contribution is 2.47. The summed E-state index contributed by atoms with van der Waals surface area (Å²) in [6, 6.07) is 89.6. The Labute approximate surface area is 366 Å². The van der Waals surface area contributed by atoms with Crippen LogP contribution in [0.3, 0.4) is 0 Å². The highest BCUT2D eigenvalue weighted by Gasteiger charge is 2.22. The fourth-order valence-electron chi connectivity index (χ4n) is 8.81. The van der Waals surface area contributed by atoms with E-state index in [0.29, 0.717) is 0 Å². The van der Waals surface area contributed by atoms with E-state index in [0.717, 1.165) is 62.3 Å². The molecule has 0 aliphatic heterocycles. The van der Waals surface area contributed by atoms with Gasteiger partial charge in [0, 0.05) is 71.1 Å². The third kappa shape index (κ3) is 6.93. The first-order valence-corrected chi connectivity index (χ1v) is 21.8. The highest BCUT2D eigenvalue weighted by atomic mass is 32.1. The van der Waals surface area contributed by atoms with E-state index >= 15 is 0 Å². The van der Waals surface area contributed by atoms with Crippen molar-refractivity contribution in [1.82, 2.24) is 0 Å². The summed E-state index contributed by atoms with van der Waals surface area (Å²) in [5, 5.41) is 4.91. The number of rotatable bonds is 10. The first-order valence-electron chi connectivity index (χ1n) is 21.0. The molecule has 62 heavy (non-hydrogen) atoms. The highest BCUT2D eigenvalue weighted by molar-refractivity contribution is 7.25. The standard InChI is InChI=1S/C58H41N3S/c1-6-20-43(21-7-1)59(44-22-8-2-9-23-44)49-38-42(39-50(40-49)60(45-24-10-3-11-25-45)46-26-12-4-13-27-46)51-31-18-33-53-52(51)32-19-34-56(53)61(47-28-14-5-15-29-47)48-36-37-58-55(41-48)54-30-16-17-35-57(54)62-58/h1-41H. The van der Waals surface area contributed by atoms with Gasteiger partial charge in [0.15, 0.2) is 0 Å². The van der Waals surface area contributed by atoms with E-state index in [1.54, 1.807) is 0 Å². The SMILES string of the molecule is c1ccc(N(c2ccccc2)c2cc(-c3cccc4c(N(c5ccccc5)c5ccc6sc7ccccc7c6c5)cccc34)cc(N(c3ccccc3)c3ccccc3)c2)cc1. The number of benzene rings is 10. The lowest BCUT2D eigenvalue weighted by Gasteiger charge is -2.30. The Bertz CT molecular complexity index is 3120. The lowest BCUT2D eigenvalue weighted by atomic mass is 9.95. The maximum atomic E-state index is 2.42. The molecule has 0 unspecified atom stereocenters. The molecule has 4 heteroatoms. The van der Waals surface area contributed by atoms with Crippen LogP contribution in [0, 0.1) is 0 Å². The molecule has 0 aliphatic rings. The fourth-order valence-corrected chi connectivity index (χ4v) is 9.90. The van der Waals surface area contributed by atoms with E-state index < -0.39 is 0 Å². The molecule has 1 aromatic heterocycles. The third-order valence-electron chi connectivity index (χ3n) is 11.6. The summed E-state index contributed by atoms with van der Waals surface area (Å²) in [7, 11) is 0. The third-order valence-corrected chi connectivity index (χ3v) is 12.7. The Morgan fingerprint density at radius 2 is 0.677 bits per heavy atom. The van der Waals surface area contributed by atoms with Crippen LogP contribution in [-0.4, -0.2) is 0 Å². The second-order valence-corrected chi connectivity index (χ2v) is 16.5. The molecule has 3 nitrogen and oxygen atoms in total. The van der Waals surface area contributed by atoms with Crippen LogP contribution in [0.5, 0.6) is 0 Å². The molecule has 11 rings (SSSR count). The molecular formula is C58H41N3S. The van der Waals surface area contributed by atoms with Gasteiger partial charge in [0.1, 0.15) is 0 Å². The minimum atomic E-state index is 1.06. The molecule has 0 atom stereocenters. The lowest BCUT2D eigenvalue weighted by Crippen LogP contribution is -2.13. The van der Waals surface area contributed by atoms with Crippen molar-refractivity contribution in [2.24, 2.45) is 0 Å². The van der Waals surface area contributed by atoms with E-state index in [1.807, 2.05) is 11.3 Å². The fraction of sp³-hybridized carbons (Fsp3) is 0. The van der Waals surface area contributed by atoms with Gasteiger partial charge in [-0.15, -0.1) is 11.3 Å². The van der Waals surface area contributed by atoms with Gasteiger partial charge in [-0.05, 0) is 126 Å². The quantitative estimate of drug-likeness (QED) is 0.136. The first kappa shape index (κ1) is 37.1. The zero-order chi connectivity index (χ0) is 41.2. The monoisotopic (exact) mass is 811 g/mol. The van der Waals surface area contributed by atoms with Crippen molar-refractivity contribution in [3.63, 3.8) is 0 Å². The van der Waals surface area contributed by atoms with Crippen molar-refractivity contribution in [2.45, 2.75) is 0 Å². The number of fused-ring (bicyclic) bond motifs is 4. The van der Waals surface area contributed by atoms with Crippen molar-refractivity contribution >= 4 is 93.5 Å². The lowest BCUT2D eigenvalue weighted by molar-refractivity contribution is 1.25. The van der Waals surface area contributed by atoms with Crippen LogP contribution in [-0.2, 0) is 0 Å². The van der Waals surface area contributed by atoms with Crippen LogP contribution in [0.4, 0.5) is 51.2 Å². The largest absolute Gasteiger partial charge is 0.310 e. The molecule has 0 fully saturated rings. The minimum absolute atomic E-state index is 1.06. The van der Waals surface area contributed by atoms with Crippen LogP contribution in [0.2, 0.25) is 0 Å². The Balaban J connectivity index is 1.15. The van der Waals surface area contributed by atoms with Gasteiger partial charge in [0.05, 0.1) is 5.69 Å². The Kier molecular flexibility index (Phi) is 9.74. The summed E-state index contributed by atoms with van der Waals surface area (Å²) in [6.07, 6.45) is 0. The molecule has 0 aliphatic carbocycles. The average Bonchev–Trinajstić information content (AvgIpc) is 3.72. The molecule has 0 saturated carbocycles. The smallest absolute Gasteiger partial charge is 0.0540 e. The number of hydrogen-bond donors (Lipinski definition) is 0. The molecule has 0 amide bonds. The van der Waals surface area contributed by atoms with E-state index in [1.165, 1.54) is 30.9 Å². The summed E-state index contributed by atoms with van der Waals surface area (Å²) in [4.78, 5) is 7.14. The number of thiophene rings is 1. The Morgan fingerprint density at radius 1 is 0.242 bits per heavy atom. The maximum Gasteiger partial charge on any atom is 0.0540 e. The Morgan fingerprint density at radius 3 is 1.23 bits per heavy atom. The number of para-hydroxylation sites is 5. The number of anilines is 9. The van der Waals surface area contributed by atoms with Crippen molar-refractivity contribution < 1.29 is 0 Å². The molecule has 0 radical (unpaired) electrons. The summed E-state index contributed by atoms with van der Waals surface area (Å²) >= 11 is 1.85. The van der Waals surface area contributed by atoms with Crippen molar-refractivity contribution in [3.8, 4) is 11.1 Å². The van der Waals surface area contributed by atoms with E-state index in [2.05, 4.69) is 263 Å². The van der Waals surface area contributed by atoms with Crippen molar-refractivity contribution in [2.75, 3.05) is 14.7 Å². The predicted molar refractivity (Wildman–Crippen MR) is 266 cm³/mol. The topological polar surface area (TPSA) is 9.72 Å². The summed E-state index contributed by atoms with van der Waals surface area (Å²) in [5.74, 6) is 0. The molecule has 11 aromatic rings. The van der Waals surface area contributed by atoms with Crippen LogP contribution in [0.1, 0.15) is 0 Å². The van der Waals surface area contributed by atoms with Gasteiger partial charge in [0.25, 0.3) is 0 Å². The van der Waals surface area contributed by atoms with Crippen molar-refractivity contribution in [1.29, 1.82) is 0 Å². The van der Waals surface area contributed by atoms with E-state index in [9.17, 15) is 0 Å². The van der Waals surface area contributed by atoms with Gasteiger partial charge < -0.3 is 14.7 Å². The van der Waals surface area contributed by atoms with Crippen LogP contribution < -0.4 is 14.7 Å². The van der Waals surface area contributed by atoms with E-state index in [4.69, 9.17) is 0 Å². The van der Waals surface area contributed by atoms with Crippen molar-refractivity contribution in [3.05, 3.63) is 249 Å². The molecule has 0 N–H and O–H groups in total. The normalized spacial score (nSPS) is 11.2. The Hall–Kier alpha value is -7.92. The van der Waals surface area contributed by atoms with E-state index in [-0.39, 0.29) is 0 Å². The second kappa shape index (κ2) is 16.3. The van der Waals surface area contributed by atoms with Gasteiger partial charge >= 0.3 is 0 Å². The molecular weight excluding hydrogens is 771 g/mol. The second-order valence-electron chi connectivity index (χ2n) is 15.4. The summed E-state index contributed by atoms with van der Waals surface area (Å²) in [6.45, 7) is 0. The van der Waals surface area contributed by atoms with Gasteiger partial charge in [-0.1, -0.05) is 140 Å². The average molecular weight is 812 g/mol. The summed E-state index contributed by atoms with van der Waals surface area (Å²) < 4.78 is 2.59. The number of hydrogen-bond acceptors (Lipinski definition) is 4. The molecule has 294 valence electrons. The zero-order valence-corrected chi connectivity index (χ0v) is 34.7. The first-order chi connectivity index (χ1) is 30.8. The maximum absolute atomic E-state index is 2.42. The predicted octanol–water partition coefficient (Wildman–Crippen LogP) is 17.3. The van der Waals surface area contributed by atoms with Crippen LogP contribution >= 0.6 is 11.3 Å².